The molecule has 2 saturated heterocycles. The molecule has 0 aromatic heterocycles. The molecular formula is C13H23N3O3. The predicted octanol–water partition coefficient (Wildman–Crippen LogP) is -0.397. The molecule has 2 aliphatic heterocycles. The number of hydrogen-bond acceptors (Lipinski definition) is 4. The Morgan fingerprint density at radius 1 is 1.26 bits per heavy atom. The van der Waals surface area contributed by atoms with Crippen LogP contribution in [0.2, 0.25) is 0 Å². The van der Waals surface area contributed by atoms with Crippen LogP contribution in [0.4, 0.5) is 0 Å². The lowest BCUT2D eigenvalue weighted by atomic mass is 10.00. The molecular weight excluding hydrogens is 246 g/mol. The van der Waals surface area contributed by atoms with Gasteiger partial charge in [0.05, 0.1) is 12.3 Å². The zero-order valence-corrected chi connectivity index (χ0v) is 11.5. The summed E-state index contributed by atoms with van der Waals surface area (Å²) < 4.78 is 0. The number of nitrogens with zero attached hydrogens (tertiary/aromatic N) is 2. The normalized spacial score (nSPS) is 28.6. The number of aliphatic carboxylic acids is 1. The SMILES string of the molecule is CC1NCCC1C(=O)N1CCN(CCC(=O)O)CC1. The summed E-state index contributed by atoms with van der Waals surface area (Å²) in [7, 11) is 0. The third-order valence-electron chi connectivity index (χ3n) is 4.17. The van der Waals surface area contributed by atoms with Gasteiger partial charge in [-0.05, 0) is 19.9 Å². The minimum absolute atomic E-state index is 0.116. The maximum absolute atomic E-state index is 12.4. The second-order valence-electron chi connectivity index (χ2n) is 5.45. The number of carboxylic acid groups (broad SMARTS) is 1. The summed E-state index contributed by atoms with van der Waals surface area (Å²) in [5, 5.41) is 12.0. The van der Waals surface area contributed by atoms with Gasteiger partial charge in [-0.25, -0.2) is 0 Å². The summed E-state index contributed by atoms with van der Waals surface area (Å²) in [5.41, 5.74) is 0. The predicted molar refractivity (Wildman–Crippen MR) is 70.8 cm³/mol. The molecule has 108 valence electrons. The number of piperazine rings is 1. The van der Waals surface area contributed by atoms with Gasteiger partial charge in [-0.15, -0.1) is 0 Å². The van der Waals surface area contributed by atoms with E-state index in [-0.39, 0.29) is 24.3 Å². The van der Waals surface area contributed by atoms with E-state index >= 15 is 0 Å². The van der Waals surface area contributed by atoms with E-state index in [0.717, 1.165) is 39.1 Å². The van der Waals surface area contributed by atoms with Crippen LogP contribution in [-0.4, -0.2) is 72.1 Å². The van der Waals surface area contributed by atoms with Crippen LogP contribution in [-0.2, 0) is 9.59 Å². The first-order valence-corrected chi connectivity index (χ1v) is 7.04. The Morgan fingerprint density at radius 2 is 1.95 bits per heavy atom. The first kappa shape index (κ1) is 14.3. The second-order valence-corrected chi connectivity index (χ2v) is 5.45. The fourth-order valence-corrected chi connectivity index (χ4v) is 2.88. The minimum Gasteiger partial charge on any atom is -0.481 e. The summed E-state index contributed by atoms with van der Waals surface area (Å²) in [4.78, 5) is 26.9. The average Bonchev–Trinajstić information content (AvgIpc) is 2.82. The van der Waals surface area contributed by atoms with Gasteiger partial charge in [0.15, 0.2) is 0 Å². The van der Waals surface area contributed by atoms with Crippen LogP contribution in [0.15, 0.2) is 0 Å². The average molecular weight is 269 g/mol. The molecule has 6 nitrogen and oxygen atoms in total. The maximum Gasteiger partial charge on any atom is 0.304 e. The van der Waals surface area contributed by atoms with Gasteiger partial charge in [-0.2, -0.15) is 0 Å². The lowest BCUT2D eigenvalue weighted by Gasteiger charge is -2.36. The summed E-state index contributed by atoms with van der Waals surface area (Å²) >= 11 is 0. The monoisotopic (exact) mass is 269 g/mol. The van der Waals surface area contributed by atoms with Gasteiger partial charge < -0.3 is 15.3 Å². The topological polar surface area (TPSA) is 72.9 Å². The molecule has 2 fully saturated rings. The van der Waals surface area contributed by atoms with Crippen LogP contribution in [0, 0.1) is 5.92 Å². The van der Waals surface area contributed by atoms with Crippen molar-refractivity contribution in [3.05, 3.63) is 0 Å². The van der Waals surface area contributed by atoms with E-state index in [9.17, 15) is 9.59 Å². The molecule has 2 atom stereocenters. The molecule has 0 bridgehead atoms. The Hall–Kier alpha value is -1.14. The Kier molecular flexibility index (Phi) is 4.76. The number of amides is 1. The highest BCUT2D eigenvalue weighted by Crippen LogP contribution is 2.19. The summed E-state index contributed by atoms with van der Waals surface area (Å²) in [6, 6.07) is 0.275. The Morgan fingerprint density at radius 3 is 2.47 bits per heavy atom. The molecule has 2 N–H and O–H groups in total. The van der Waals surface area contributed by atoms with Gasteiger partial charge in [0.25, 0.3) is 0 Å². The molecule has 2 aliphatic rings. The van der Waals surface area contributed by atoms with Gasteiger partial charge in [-0.1, -0.05) is 0 Å². The van der Waals surface area contributed by atoms with Crippen LogP contribution in [0.25, 0.3) is 0 Å². The minimum atomic E-state index is -0.760. The van der Waals surface area contributed by atoms with E-state index in [1.54, 1.807) is 0 Å². The van der Waals surface area contributed by atoms with Crippen molar-refractivity contribution >= 4 is 11.9 Å². The highest BCUT2D eigenvalue weighted by atomic mass is 16.4. The third-order valence-corrected chi connectivity index (χ3v) is 4.17. The highest BCUT2D eigenvalue weighted by Gasteiger charge is 2.33. The first-order valence-electron chi connectivity index (χ1n) is 7.04. The van der Waals surface area contributed by atoms with Gasteiger partial charge in [0.2, 0.25) is 5.91 Å². The van der Waals surface area contributed by atoms with Crippen molar-refractivity contribution in [1.82, 2.24) is 15.1 Å². The molecule has 2 heterocycles. The number of rotatable bonds is 4. The van der Waals surface area contributed by atoms with E-state index in [1.807, 2.05) is 4.90 Å². The third kappa shape index (κ3) is 3.67. The zero-order chi connectivity index (χ0) is 13.8. The molecule has 0 radical (unpaired) electrons. The molecule has 2 unspecified atom stereocenters. The van der Waals surface area contributed by atoms with Crippen LogP contribution < -0.4 is 5.32 Å². The molecule has 1 amide bonds. The molecule has 6 heteroatoms. The van der Waals surface area contributed by atoms with E-state index in [0.29, 0.717) is 6.54 Å². The van der Waals surface area contributed by atoms with Gasteiger partial charge in [0.1, 0.15) is 0 Å². The lowest BCUT2D eigenvalue weighted by Crippen LogP contribution is -2.51. The van der Waals surface area contributed by atoms with E-state index < -0.39 is 5.97 Å². The maximum atomic E-state index is 12.4. The van der Waals surface area contributed by atoms with Crippen LogP contribution in [0.5, 0.6) is 0 Å². The first-order chi connectivity index (χ1) is 9.08. The highest BCUT2D eigenvalue weighted by molar-refractivity contribution is 5.80. The Bertz CT molecular complexity index is 340. The number of carboxylic acids is 1. The molecule has 0 aromatic rings. The summed E-state index contributed by atoms with van der Waals surface area (Å²) in [6.07, 6.45) is 1.11. The zero-order valence-electron chi connectivity index (χ0n) is 11.5. The smallest absolute Gasteiger partial charge is 0.304 e. The molecule has 2 rings (SSSR count). The van der Waals surface area contributed by atoms with Gasteiger partial charge >= 0.3 is 5.97 Å². The Balaban J connectivity index is 1.76. The van der Waals surface area contributed by atoms with Crippen LogP contribution >= 0.6 is 0 Å². The summed E-state index contributed by atoms with van der Waals surface area (Å²) in [5.74, 6) is -0.384. The fraction of sp³-hybridized carbons (Fsp3) is 0.846. The van der Waals surface area contributed by atoms with Crippen molar-refractivity contribution in [1.29, 1.82) is 0 Å². The fourth-order valence-electron chi connectivity index (χ4n) is 2.88. The van der Waals surface area contributed by atoms with Crippen molar-refractivity contribution in [2.24, 2.45) is 5.92 Å². The molecule has 0 aliphatic carbocycles. The standard InChI is InChI=1S/C13H23N3O3/c1-10-11(2-4-14-10)13(19)16-8-6-15(7-9-16)5-3-12(17)18/h10-11,14H,2-9H2,1H3,(H,17,18). The van der Waals surface area contributed by atoms with Crippen molar-refractivity contribution in [3.63, 3.8) is 0 Å². The number of hydrogen-bond donors (Lipinski definition) is 2. The second kappa shape index (κ2) is 6.34. The van der Waals surface area contributed by atoms with E-state index in [2.05, 4.69) is 17.1 Å². The van der Waals surface area contributed by atoms with Crippen LogP contribution in [0.1, 0.15) is 19.8 Å². The Labute approximate surface area is 113 Å². The van der Waals surface area contributed by atoms with Crippen molar-refractivity contribution in [2.75, 3.05) is 39.3 Å². The van der Waals surface area contributed by atoms with E-state index in [4.69, 9.17) is 5.11 Å². The van der Waals surface area contributed by atoms with Crippen LogP contribution in [0.3, 0.4) is 0 Å². The lowest BCUT2D eigenvalue weighted by molar-refractivity contribution is -0.139. The molecule has 19 heavy (non-hydrogen) atoms. The number of nitrogens with one attached hydrogen (secondary N) is 1. The summed E-state index contributed by atoms with van der Waals surface area (Å²) in [6.45, 7) is 6.60. The van der Waals surface area contributed by atoms with Gasteiger partial charge in [0, 0.05) is 38.8 Å². The van der Waals surface area contributed by atoms with Crippen molar-refractivity contribution < 1.29 is 14.7 Å². The van der Waals surface area contributed by atoms with Crippen molar-refractivity contribution in [3.8, 4) is 0 Å². The van der Waals surface area contributed by atoms with Gasteiger partial charge in [-0.3, -0.25) is 14.5 Å². The largest absolute Gasteiger partial charge is 0.481 e. The molecule has 0 saturated carbocycles. The quantitative estimate of drug-likeness (QED) is 0.727. The van der Waals surface area contributed by atoms with Crippen molar-refractivity contribution in [2.45, 2.75) is 25.8 Å². The molecule has 0 spiro atoms. The molecule has 0 aromatic carbocycles. The number of carbonyl (C=O) groups excluding carboxylic acids is 1. The number of carbonyl (C=O) groups is 2. The van der Waals surface area contributed by atoms with E-state index in [1.165, 1.54) is 0 Å².